The van der Waals surface area contributed by atoms with Gasteiger partial charge in [-0.25, -0.2) is 0 Å². The van der Waals surface area contributed by atoms with Gasteiger partial charge in [0.1, 0.15) is 11.2 Å². The summed E-state index contributed by atoms with van der Waals surface area (Å²) in [6, 6.07) is 11.7. The number of hydrogen-bond donors (Lipinski definition) is 1. The van der Waals surface area contributed by atoms with Gasteiger partial charge >= 0.3 is 0 Å². The number of fused-ring (bicyclic) bond motifs is 1. The van der Waals surface area contributed by atoms with Gasteiger partial charge in [-0.05, 0) is 18.2 Å². The van der Waals surface area contributed by atoms with Crippen molar-refractivity contribution in [3.8, 4) is 0 Å². The van der Waals surface area contributed by atoms with E-state index in [2.05, 4.69) is 5.32 Å². The van der Waals surface area contributed by atoms with Crippen LogP contribution in [0.3, 0.4) is 0 Å². The molecular formula is C17H16ClN3O4. The molecular weight excluding hydrogens is 346 g/mol. The largest absolute Gasteiger partial charge is 0.383 e. The molecule has 1 N–H and O–H groups in total. The van der Waals surface area contributed by atoms with Gasteiger partial charge in [0.2, 0.25) is 0 Å². The minimum Gasteiger partial charge on any atom is -0.383 e. The molecule has 0 fully saturated rings. The Labute approximate surface area is 149 Å². The number of carbonyl (C=O) groups is 1. The quantitative estimate of drug-likeness (QED) is 0.651. The predicted octanol–water partition coefficient (Wildman–Crippen LogP) is 3.46. The van der Waals surface area contributed by atoms with Crippen LogP contribution in [-0.2, 0) is 4.74 Å². The van der Waals surface area contributed by atoms with E-state index in [-0.39, 0.29) is 16.6 Å². The number of hydrogen-bond acceptors (Lipinski definition) is 5. The number of nitro benzene ring substituents is 1. The second-order valence-corrected chi connectivity index (χ2v) is 5.96. The molecule has 0 bridgehead atoms. The summed E-state index contributed by atoms with van der Waals surface area (Å²) in [5.41, 5.74) is 1.62. The molecule has 0 aliphatic carbocycles. The molecule has 3 rings (SSSR count). The number of benzene rings is 2. The predicted molar refractivity (Wildman–Crippen MR) is 93.8 cm³/mol. The second kappa shape index (κ2) is 7.08. The van der Waals surface area contributed by atoms with Crippen molar-refractivity contribution in [2.24, 2.45) is 0 Å². The summed E-state index contributed by atoms with van der Waals surface area (Å²) in [5, 5.41) is 14.5. The van der Waals surface area contributed by atoms with E-state index in [1.807, 2.05) is 6.07 Å². The smallest absolute Gasteiger partial charge is 0.288 e. The van der Waals surface area contributed by atoms with Gasteiger partial charge in [0.25, 0.3) is 11.6 Å². The number of amides is 1. The standard InChI is InChI=1S/C17H16ClN3O4/c1-25-9-8-20-16(11-6-7-13(18)15(10-11)21(23)24)19-14-5-3-2-4-12(14)17(20)22/h2-7,10,16,19H,8-9H2,1H3. The number of nitro groups is 1. The van der Waals surface area contributed by atoms with Crippen molar-refractivity contribution in [3.63, 3.8) is 0 Å². The van der Waals surface area contributed by atoms with Crippen LogP contribution in [0.2, 0.25) is 5.02 Å². The summed E-state index contributed by atoms with van der Waals surface area (Å²) in [5.74, 6) is -0.158. The van der Waals surface area contributed by atoms with Crippen LogP contribution in [0.4, 0.5) is 11.4 Å². The monoisotopic (exact) mass is 361 g/mol. The van der Waals surface area contributed by atoms with Crippen molar-refractivity contribution in [1.82, 2.24) is 4.90 Å². The molecule has 1 unspecified atom stereocenters. The van der Waals surface area contributed by atoms with Crippen LogP contribution in [-0.4, -0.2) is 36.0 Å². The van der Waals surface area contributed by atoms with Gasteiger partial charge in [-0.2, -0.15) is 0 Å². The Morgan fingerprint density at radius 1 is 1.32 bits per heavy atom. The highest BCUT2D eigenvalue weighted by Crippen LogP contribution is 2.35. The molecule has 0 radical (unpaired) electrons. The number of methoxy groups -OCH3 is 1. The van der Waals surface area contributed by atoms with E-state index in [1.165, 1.54) is 12.1 Å². The number of ether oxygens (including phenoxy) is 1. The normalized spacial score (nSPS) is 16.3. The SMILES string of the molecule is COCCN1C(=O)c2ccccc2NC1c1ccc(Cl)c([N+](=O)[O-])c1. The summed E-state index contributed by atoms with van der Waals surface area (Å²) in [6.07, 6.45) is -0.548. The number of rotatable bonds is 5. The molecule has 1 heterocycles. The van der Waals surface area contributed by atoms with E-state index in [9.17, 15) is 14.9 Å². The molecule has 7 nitrogen and oxygen atoms in total. The minimum atomic E-state index is -0.548. The van der Waals surface area contributed by atoms with Gasteiger partial charge in [0.15, 0.2) is 0 Å². The van der Waals surface area contributed by atoms with Gasteiger partial charge < -0.3 is 15.0 Å². The summed E-state index contributed by atoms with van der Waals surface area (Å²) in [6.45, 7) is 0.694. The average Bonchev–Trinajstić information content (AvgIpc) is 2.61. The Morgan fingerprint density at radius 3 is 2.80 bits per heavy atom. The van der Waals surface area contributed by atoms with Gasteiger partial charge in [-0.15, -0.1) is 0 Å². The highest BCUT2D eigenvalue weighted by atomic mass is 35.5. The third-order valence-electron chi connectivity index (χ3n) is 4.04. The van der Waals surface area contributed by atoms with Crippen LogP contribution < -0.4 is 5.32 Å². The molecule has 0 saturated carbocycles. The average molecular weight is 362 g/mol. The number of para-hydroxylation sites is 1. The van der Waals surface area contributed by atoms with E-state index in [0.29, 0.717) is 30.0 Å². The number of anilines is 1. The molecule has 1 atom stereocenters. The van der Waals surface area contributed by atoms with Crippen molar-refractivity contribution in [3.05, 3.63) is 68.7 Å². The highest BCUT2D eigenvalue weighted by molar-refractivity contribution is 6.32. The lowest BCUT2D eigenvalue weighted by Gasteiger charge is -2.38. The first-order valence-electron chi connectivity index (χ1n) is 7.62. The molecule has 0 saturated heterocycles. The molecule has 0 spiro atoms. The molecule has 8 heteroatoms. The molecule has 2 aromatic rings. The van der Waals surface area contributed by atoms with E-state index >= 15 is 0 Å². The zero-order valence-electron chi connectivity index (χ0n) is 13.4. The molecule has 2 aromatic carbocycles. The Morgan fingerprint density at radius 2 is 2.08 bits per heavy atom. The topological polar surface area (TPSA) is 84.7 Å². The zero-order chi connectivity index (χ0) is 18.0. The van der Waals surface area contributed by atoms with Crippen molar-refractivity contribution >= 4 is 28.9 Å². The fourth-order valence-corrected chi connectivity index (χ4v) is 3.00. The first-order valence-corrected chi connectivity index (χ1v) is 8.00. The van der Waals surface area contributed by atoms with Crippen LogP contribution >= 0.6 is 11.6 Å². The summed E-state index contributed by atoms with van der Waals surface area (Å²) in [4.78, 5) is 25.1. The number of nitrogens with one attached hydrogen (secondary N) is 1. The molecule has 1 aliphatic rings. The van der Waals surface area contributed by atoms with Gasteiger partial charge in [0.05, 0.1) is 17.1 Å². The molecule has 0 aromatic heterocycles. The minimum absolute atomic E-state index is 0.0553. The first kappa shape index (κ1) is 17.2. The maximum atomic E-state index is 12.9. The van der Waals surface area contributed by atoms with Crippen LogP contribution in [0.15, 0.2) is 42.5 Å². The number of nitrogens with zero attached hydrogens (tertiary/aromatic N) is 2. The van der Waals surface area contributed by atoms with Gasteiger partial charge in [-0.3, -0.25) is 14.9 Å². The molecule has 130 valence electrons. The van der Waals surface area contributed by atoms with Crippen molar-refractivity contribution in [2.45, 2.75) is 6.17 Å². The summed E-state index contributed by atoms with van der Waals surface area (Å²) < 4.78 is 5.10. The van der Waals surface area contributed by atoms with E-state index < -0.39 is 11.1 Å². The van der Waals surface area contributed by atoms with Crippen LogP contribution in [0, 0.1) is 10.1 Å². The maximum absolute atomic E-state index is 12.9. The van der Waals surface area contributed by atoms with E-state index in [4.69, 9.17) is 16.3 Å². The lowest BCUT2D eigenvalue weighted by Crippen LogP contribution is -2.44. The third-order valence-corrected chi connectivity index (χ3v) is 4.36. The number of halogens is 1. The molecule has 25 heavy (non-hydrogen) atoms. The lowest BCUT2D eigenvalue weighted by atomic mass is 10.0. The summed E-state index contributed by atoms with van der Waals surface area (Å²) >= 11 is 5.90. The fraction of sp³-hybridized carbons (Fsp3) is 0.235. The molecule has 1 amide bonds. The van der Waals surface area contributed by atoms with E-state index in [0.717, 1.165) is 0 Å². The van der Waals surface area contributed by atoms with Crippen LogP contribution in [0.25, 0.3) is 0 Å². The maximum Gasteiger partial charge on any atom is 0.288 e. The Bertz CT molecular complexity index is 827. The van der Waals surface area contributed by atoms with Crippen LogP contribution in [0.1, 0.15) is 22.1 Å². The Balaban J connectivity index is 2.05. The molecule has 1 aliphatic heterocycles. The first-order chi connectivity index (χ1) is 12.0. The van der Waals surface area contributed by atoms with Gasteiger partial charge in [-0.1, -0.05) is 29.8 Å². The zero-order valence-corrected chi connectivity index (χ0v) is 14.2. The Kier molecular flexibility index (Phi) is 4.87. The van der Waals surface area contributed by atoms with Crippen LogP contribution in [0.5, 0.6) is 0 Å². The lowest BCUT2D eigenvalue weighted by molar-refractivity contribution is -0.384. The third kappa shape index (κ3) is 3.29. The Hall–Kier alpha value is -2.64. The van der Waals surface area contributed by atoms with Crippen molar-refractivity contribution in [1.29, 1.82) is 0 Å². The van der Waals surface area contributed by atoms with Crippen molar-refractivity contribution in [2.75, 3.05) is 25.6 Å². The number of carbonyl (C=O) groups excluding carboxylic acids is 1. The van der Waals surface area contributed by atoms with E-state index in [1.54, 1.807) is 36.3 Å². The van der Waals surface area contributed by atoms with Gasteiger partial charge in [0, 0.05) is 31.0 Å². The van der Waals surface area contributed by atoms with Crippen molar-refractivity contribution < 1.29 is 14.5 Å². The second-order valence-electron chi connectivity index (χ2n) is 5.55. The highest BCUT2D eigenvalue weighted by Gasteiger charge is 2.33. The summed E-state index contributed by atoms with van der Waals surface area (Å²) in [7, 11) is 1.55. The fourth-order valence-electron chi connectivity index (χ4n) is 2.82.